The summed E-state index contributed by atoms with van der Waals surface area (Å²) in [4.78, 5) is 91.6. The predicted octanol–water partition coefficient (Wildman–Crippen LogP) is 4.23. The molecule has 3 aromatic carbocycles. The largest absolute Gasteiger partial charge is 0.465 e. The monoisotopic (exact) mass is 904 g/mol. The molecule has 0 spiro atoms. The van der Waals surface area contributed by atoms with E-state index in [4.69, 9.17) is 52.1 Å². The Bertz CT molecular complexity index is 2130. The minimum absolute atomic E-state index is 0.0503. The van der Waals surface area contributed by atoms with Gasteiger partial charge in [0.25, 0.3) is 5.79 Å². The van der Waals surface area contributed by atoms with E-state index >= 15 is 0 Å². The van der Waals surface area contributed by atoms with E-state index in [1.807, 2.05) is 30.3 Å². The van der Waals surface area contributed by atoms with Crippen LogP contribution in [0.3, 0.4) is 0 Å². The van der Waals surface area contributed by atoms with Crippen molar-refractivity contribution in [1.82, 2.24) is 0 Å². The van der Waals surface area contributed by atoms with E-state index in [2.05, 4.69) is 0 Å². The van der Waals surface area contributed by atoms with Crippen LogP contribution in [0.25, 0.3) is 0 Å². The Morgan fingerprint density at radius 3 is 1.88 bits per heavy atom. The maximum Gasteiger partial charge on any atom is 0.366 e. The minimum atomic E-state index is -2.44. The van der Waals surface area contributed by atoms with Gasteiger partial charge in [0.1, 0.15) is 31.0 Å². The third-order valence-electron chi connectivity index (χ3n) is 11.0. The van der Waals surface area contributed by atoms with Crippen LogP contribution in [-0.2, 0) is 82.7 Å². The third-order valence-corrected chi connectivity index (χ3v) is 11.0. The van der Waals surface area contributed by atoms with Gasteiger partial charge in [0, 0.05) is 26.7 Å². The van der Waals surface area contributed by atoms with Crippen molar-refractivity contribution in [3.05, 3.63) is 108 Å². The Morgan fingerprint density at radius 1 is 0.738 bits per heavy atom. The van der Waals surface area contributed by atoms with Crippen molar-refractivity contribution in [3.63, 3.8) is 0 Å². The molecule has 3 aromatic rings. The summed E-state index contributed by atoms with van der Waals surface area (Å²) in [6.45, 7) is 3.86. The second-order valence-corrected chi connectivity index (χ2v) is 15.6. The predicted molar refractivity (Wildman–Crippen MR) is 221 cm³/mol. The van der Waals surface area contributed by atoms with Gasteiger partial charge in [-0.1, -0.05) is 73.7 Å². The van der Waals surface area contributed by atoms with Crippen LogP contribution in [0.4, 0.5) is 0 Å². The van der Waals surface area contributed by atoms with Gasteiger partial charge in [-0.25, -0.2) is 14.4 Å². The van der Waals surface area contributed by atoms with Crippen LogP contribution in [0.15, 0.2) is 91.0 Å². The molecule has 65 heavy (non-hydrogen) atoms. The summed E-state index contributed by atoms with van der Waals surface area (Å²) in [6.07, 6.45) is -12.1. The number of benzene rings is 3. The molecule has 11 unspecified atom stereocenters. The van der Waals surface area contributed by atoms with Crippen LogP contribution in [0, 0.1) is 5.92 Å². The summed E-state index contributed by atoms with van der Waals surface area (Å²) in [5.41, 5.74) is 1.15. The molecule has 11 atom stereocenters. The number of hydrogen-bond donors (Lipinski definition) is 0. The number of ether oxygens (including phenoxy) is 11. The molecule has 18 nitrogen and oxygen atoms in total. The Hall–Kier alpha value is -6.21. The average molecular weight is 905 g/mol. The average Bonchev–Trinajstić information content (AvgIpc) is 3.68. The van der Waals surface area contributed by atoms with E-state index in [-0.39, 0.29) is 30.6 Å². The second-order valence-electron chi connectivity index (χ2n) is 15.6. The summed E-state index contributed by atoms with van der Waals surface area (Å²) >= 11 is 0. The molecule has 0 saturated carbocycles. The molecule has 3 fully saturated rings. The van der Waals surface area contributed by atoms with E-state index in [0.717, 1.165) is 33.4 Å². The molecule has 0 bridgehead atoms. The van der Waals surface area contributed by atoms with Crippen LogP contribution in [-0.4, -0.2) is 123 Å². The Balaban J connectivity index is 1.40. The van der Waals surface area contributed by atoms with Gasteiger partial charge in [0.2, 0.25) is 0 Å². The molecule has 3 aliphatic heterocycles. The highest BCUT2D eigenvalue weighted by Crippen LogP contribution is 2.45. The highest BCUT2D eigenvalue weighted by atomic mass is 16.8. The molecule has 0 amide bonds. The SMILES string of the molecule is CCC1OC(COC2(C(=O)OC)CC3OC(=O)CC3C(C(OC(C)=O)C(COC(C)=O)OC(C)=O)O2)C(OCc2ccccc2)C(OC(=O)c2ccccc2)C1OC(=O)c1ccccc1. The number of rotatable bonds is 18. The van der Waals surface area contributed by atoms with Gasteiger partial charge < -0.3 is 52.1 Å². The van der Waals surface area contributed by atoms with Crippen molar-refractivity contribution < 1.29 is 85.7 Å². The highest BCUT2D eigenvalue weighted by Gasteiger charge is 2.62. The van der Waals surface area contributed by atoms with E-state index in [1.54, 1.807) is 67.6 Å². The lowest BCUT2D eigenvalue weighted by atomic mass is 9.82. The molecule has 348 valence electrons. The molecule has 3 heterocycles. The fourth-order valence-electron chi connectivity index (χ4n) is 8.12. The van der Waals surface area contributed by atoms with Crippen LogP contribution in [0.2, 0.25) is 0 Å². The Kier molecular flexibility index (Phi) is 16.4. The van der Waals surface area contributed by atoms with Gasteiger partial charge in [-0.2, -0.15) is 0 Å². The van der Waals surface area contributed by atoms with Crippen LogP contribution in [0.1, 0.15) is 73.2 Å². The first-order valence-electron chi connectivity index (χ1n) is 21.1. The number of carbonyl (C=O) groups excluding carboxylic acids is 7. The fourth-order valence-corrected chi connectivity index (χ4v) is 8.12. The molecule has 0 aromatic heterocycles. The van der Waals surface area contributed by atoms with Crippen molar-refractivity contribution in [3.8, 4) is 0 Å². The van der Waals surface area contributed by atoms with Gasteiger partial charge in [-0.05, 0) is 36.2 Å². The van der Waals surface area contributed by atoms with E-state index in [1.165, 1.54) is 0 Å². The summed E-state index contributed by atoms with van der Waals surface area (Å²) in [5, 5.41) is 0. The van der Waals surface area contributed by atoms with Crippen molar-refractivity contribution in [2.24, 2.45) is 5.92 Å². The van der Waals surface area contributed by atoms with E-state index in [0.29, 0.717) is 0 Å². The number of methoxy groups -OCH3 is 1. The second kappa shape index (κ2) is 22.1. The topological polar surface area (TPSA) is 221 Å². The van der Waals surface area contributed by atoms with Crippen LogP contribution >= 0.6 is 0 Å². The Labute approximate surface area is 374 Å². The zero-order valence-electron chi connectivity index (χ0n) is 36.5. The normalized spacial score (nSPS) is 26.8. The first kappa shape index (κ1) is 48.3. The van der Waals surface area contributed by atoms with Crippen LogP contribution < -0.4 is 0 Å². The summed E-state index contributed by atoms with van der Waals surface area (Å²) in [6, 6.07) is 25.5. The van der Waals surface area contributed by atoms with Crippen molar-refractivity contribution in [2.45, 2.75) is 114 Å². The van der Waals surface area contributed by atoms with Gasteiger partial charge in [-0.15, -0.1) is 0 Å². The lowest BCUT2D eigenvalue weighted by Crippen LogP contribution is -2.64. The summed E-state index contributed by atoms with van der Waals surface area (Å²) in [5.74, 6) is -9.03. The maximum atomic E-state index is 14.1. The molecule has 3 saturated heterocycles. The molecule has 6 rings (SSSR count). The smallest absolute Gasteiger partial charge is 0.366 e. The van der Waals surface area contributed by atoms with E-state index in [9.17, 15) is 33.6 Å². The third kappa shape index (κ3) is 12.1. The molecule has 18 heteroatoms. The van der Waals surface area contributed by atoms with E-state index < -0.39 is 128 Å². The first-order valence-corrected chi connectivity index (χ1v) is 21.1. The Morgan fingerprint density at radius 2 is 1.32 bits per heavy atom. The number of hydrogen-bond acceptors (Lipinski definition) is 18. The van der Waals surface area contributed by atoms with Gasteiger partial charge >= 0.3 is 41.8 Å². The van der Waals surface area contributed by atoms with Gasteiger partial charge in [0.05, 0.1) is 50.4 Å². The number of carbonyl (C=O) groups is 7. The molecule has 0 radical (unpaired) electrons. The maximum absolute atomic E-state index is 14.1. The fraction of sp³-hybridized carbons (Fsp3) is 0.468. The molecular formula is C47H52O18. The van der Waals surface area contributed by atoms with Crippen LogP contribution in [0.5, 0.6) is 0 Å². The van der Waals surface area contributed by atoms with Gasteiger partial charge in [-0.3, -0.25) is 19.2 Å². The highest BCUT2D eigenvalue weighted by molar-refractivity contribution is 5.90. The summed E-state index contributed by atoms with van der Waals surface area (Å²) in [7, 11) is 1.07. The standard InChI is InChI=1S/C47H52O18/c1-6-34-41(63-44(52)31-18-12-8-13-19-31)43(64-45(53)32-20-14-9-15-21-32)40(57-24-30-16-10-7-11-17-30)37(61-34)26-58-47(46(54)55-5)23-35-33(22-38(51)62-35)39(65-47)42(60-29(4)50)36(59-28(3)49)25-56-27(2)48/h7-21,33-37,39-43H,6,22-26H2,1-5H3. The molecular weight excluding hydrogens is 852 g/mol. The molecule has 3 aliphatic rings. The van der Waals surface area contributed by atoms with Gasteiger partial charge in [0.15, 0.2) is 24.4 Å². The molecule has 0 aliphatic carbocycles. The van der Waals surface area contributed by atoms with Crippen molar-refractivity contribution in [1.29, 1.82) is 0 Å². The van der Waals surface area contributed by atoms with Crippen molar-refractivity contribution >= 4 is 41.8 Å². The first-order chi connectivity index (χ1) is 31.2. The lowest BCUT2D eigenvalue weighted by Gasteiger charge is -2.48. The zero-order valence-corrected chi connectivity index (χ0v) is 36.5. The zero-order chi connectivity index (χ0) is 46.7. The number of fused-ring (bicyclic) bond motifs is 1. The quantitative estimate of drug-likeness (QED) is 0.129. The summed E-state index contributed by atoms with van der Waals surface area (Å²) < 4.78 is 65.8. The number of esters is 7. The van der Waals surface area contributed by atoms with Crippen molar-refractivity contribution in [2.75, 3.05) is 20.3 Å². The molecule has 0 N–H and O–H groups in total. The minimum Gasteiger partial charge on any atom is -0.465 e. The lowest BCUT2D eigenvalue weighted by molar-refractivity contribution is -0.329.